The van der Waals surface area contributed by atoms with Crippen molar-refractivity contribution in [2.24, 2.45) is 0 Å². The molecule has 1 amide bonds. The fraction of sp³-hybridized carbons (Fsp3) is 0.941. The molecule has 0 aromatic rings. The molecule has 2 aliphatic heterocycles. The predicted octanol–water partition coefficient (Wildman–Crippen LogP) is 1.99. The summed E-state index contributed by atoms with van der Waals surface area (Å²) < 4.78 is 0. The standard InChI is InChI=1S/C17H31N3O/c1-2-20(16-6-4-3-5-7-16)17(21)13-19-11-10-14-8-9-15(12-19)18-14/h14-16,18H,2-13H2,1H3. The molecule has 1 N–H and O–H groups in total. The van der Waals surface area contributed by atoms with Crippen LogP contribution in [0.15, 0.2) is 0 Å². The second kappa shape index (κ2) is 7.10. The molecule has 120 valence electrons. The summed E-state index contributed by atoms with van der Waals surface area (Å²) in [5.74, 6) is 0.363. The lowest BCUT2D eigenvalue weighted by molar-refractivity contribution is -0.135. The molecule has 1 aliphatic carbocycles. The largest absolute Gasteiger partial charge is 0.339 e. The van der Waals surface area contributed by atoms with Crippen LogP contribution in [0.5, 0.6) is 0 Å². The molecular formula is C17H31N3O. The van der Waals surface area contributed by atoms with Crippen LogP contribution in [0, 0.1) is 0 Å². The van der Waals surface area contributed by atoms with Crippen molar-refractivity contribution in [2.75, 3.05) is 26.2 Å². The van der Waals surface area contributed by atoms with E-state index in [4.69, 9.17) is 0 Å². The van der Waals surface area contributed by atoms with Gasteiger partial charge in [-0.2, -0.15) is 0 Å². The van der Waals surface area contributed by atoms with Crippen LogP contribution in [-0.4, -0.2) is 60.0 Å². The van der Waals surface area contributed by atoms with Crippen LogP contribution in [0.3, 0.4) is 0 Å². The molecule has 0 spiro atoms. The Hall–Kier alpha value is -0.610. The molecule has 3 fully saturated rings. The fourth-order valence-electron chi connectivity index (χ4n) is 4.47. The Morgan fingerprint density at radius 3 is 2.62 bits per heavy atom. The highest BCUT2D eigenvalue weighted by Gasteiger charge is 2.31. The zero-order valence-corrected chi connectivity index (χ0v) is 13.5. The summed E-state index contributed by atoms with van der Waals surface area (Å²) in [7, 11) is 0. The first-order valence-corrected chi connectivity index (χ1v) is 9.04. The molecule has 4 nitrogen and oxygen atoms in total. The van der Waals surface area contributed by atoms with Crippen LogP contribution in [-0.2, 0) is 4.79 Å². The van der Waals surface area contributed by atoms with E-state index < -0.39 is 0 Å². The summed E-state index contributed by atoms with van der Waals surface area (Å²) in [5, 5.41) is 3.70. The van der Waals surface area contributed by atoms with Crippen LogP contribution in [0.25, 0.3) is 0 Å². The minimum Gasteiger partial charge on any atom is -0.339 e. The van der Waals surface area contributed by atoms with E-state index in [1.165, 1.54) is 51.4 Å². The molecule has 2 unspecified atom stereocenters. The minimum atomic E-state index is 0.363. The van der Waals surface area contributed by atoms with Gasteiger partial charge in [-0.25, -0.2) is 0 Å². The molecule has 2 bridgehead atoms. The highest BCUT2D eigenvalue weighted by Crippen LogP contribution is 2.24. The highest BCUT2D eigenvalue weighted by atomic mass is 16.2. The van der Waals surface area contributed by atoms with Gasteiger partial charge in [-0.05, 0) is 39.0 Å². The zero-order chi connectivity index (χ0) is 14.7. The molecule has 0 aromatic heterocycles. The van der Waals surface area contributed by atoms with Gasteiger partial charge in [0.05, 0.1) is 6.54 Å². The van der Waals surface area contributed by atoms with E-state index in [0.29, 0.717) is 30.6 Å². The van der Waals surface area contributed by atoms with Crippen molar-refractivity contribution in [3.63, 3.8) is 0 Å². The van der Waals surface area contributed by atoms with Crippen molar-refractivity contribution < 1.29 is 4.79 Å². The number of hydrogen-bond acceptors (Lipinski definition) is 3. The first-order valence-electron chi connectivity index (χ1n) is 9.04. The number of hydrogen-bond donors (Lipinski definition) is 1. The summed E-state index contributed by atoms with van der Waals surface area (Å²) in [6.07, 6.45) is 10.2. The molecular weight excluding hydrogens is 262 g/mol. The van der Waals surface area contributed by atoms with Crippen LogP contribution in [0.1, 0.15) is 58.3 Å². The van der Waals surface area contributed by atoms with E-state index in [0.717, 1.165) is 19.6 Å². The third-order valence-electron chi connectivity index (χ3n) is 5.64. The summed E-state index contributed by atoms with van der Waals surface area (Å²) in [6.45, 7) is 5.79. The van der Waals surface area contributed by atoms with E-state index in [1.54, 1.807) is 0 Å². The molecule has 1 saturated carbocycles. The summed E-state index contributed by atoms with van der Waals surface area (Å²) in [6, 6.07) is 1.84. The van der Waals surface area contributed by atoms with Crippen LogP contribution >= 0.6 is 0 Å². The van der Waals surface area contributed by atoms with Crippen molar-refractivity contribution in [3.8, 4) is 0 Å². The second-order valence-electron chi connectivity index (χ2n) is 7.13. The number of carbonyl (C=O) groups excluding carboxylic acids is 1. The van der Waals surface area contributed by atoms with E-state index in [1.807, 2.05) is 0 Å². The van der Waals surface area contributed by atoms with Gasteiger partial charge < -0.3 is 10.2 Å². The Morgan fingerprint density at radius 2 is 1.86 bits per heavy atom. The molecule has 0 radical (unpaired) electrons. The fourth-order valence-corrected chi connectivity index (χ4v) is 4.47. The lowest BCUT2D eigenvalue weighted by Crippen LogP contribution is -2.47. The average Bonchev–Trinajstić information content (AvgIpc) is 2.83. The Morgan fingerprint density at radius 1 is 1.10 bits per heavy atom. The van der Waals surface area contributed by atoms with Gasteiger partial charge in [-0.1, -0.05) is 19.3 Å². The van der Waals surface area contributed by atoms with Crippen LogP contribution in [0.2, 0.25) is 0 Å². The van der Waals surface area contributed by atoms with Crippen molar-refractivity contribution in [3.05, 3.63) is 0 Å². The van der Waals surface area contributed by atoms with Crippen LogP contribution < -0.4 is 5.32 Å². The molecule has 3 aliphatic rings. The number of amides is 1. The number of rotatable bonds is 4. The predicted molar refractivity (Wildman–Crippen MR) is 85.3 cm³/mol. The van der Waals surface area contributed by atoms with E-state index in [9.17, 15) is 4.79 Å². The van der Waals surface area contributed by atoms with Gasteiger partial charge in [-0.3, -0.25) is 9.69 Å². The maximum absolute atomic E-state index is 12.7. The maximum atomic E-state index is 12.7. The van der Waals surface area contributed by atoms with Gasteiger partial charge in [0.25, 0.3) is 0 Å². The number of carbonyl (C=O) groups is 1. The monoisotopic (exact) mass is 293 g/mol. The summed E-state index contributed by atoms with van der Waals surface area (Å²) >= 11 is 0. The molecule has 0 aromatic carbocycles. The van der Waals surface area contributed by atoms with Gasteiger partial charge in [0, 0.05) is 37.8 Å². The SMILES string of the molecule is CCN(C(=O)CN1CCC2CCC(C1)N2)C1CCCCC1. The number of likely N-dealkylation sites (N-methyl/N-ethyl adjacent to an activating group) is 1. The third kappa shape index (κ3) is 3.78. The van der Waals surface area contributed by atoms with Crippen molar-refractivity contribution in [1.29, 1.82) is 0 Å². The molecule has 2 atom stereocenters. The zero-order valence-electron chi connectivity index (χ0n) is 13.5. The first kappa shape index (κ1) is 15.3. The summed E-state index contributed by atoms with van der Waals surface area (Å²) in [5.41, 5.74) is 0. The van der Waals surface area contributed by atoms with Gasteiger partial charge >= 0.3 is 0 Å². The van der Waals surface area contributed by atoms with Gasteiger partial charge in [0.15, 0.2) is 0 Å². The smallest absolute Gasteiger partial charge is 0.236 e. The van der Waals surface area contributed by atoms with Gasteiger partial charge in [0.2, 0.25) is 5.91 Å². The topological polar surface area (TPSA) is 35.6 Å². The normalized spacial score (nSPS) is 31.1. The van der Waals surface area contributed by atoms with E-state index in [-0.39, 0.29) is 0 Å². The Bertz CT molecular complexity index is 354. The number of nitrogens with one attached hydrogen (secondary N) is 1. The Kier molecular flexibility index (Phi) is 5.17. The van der Waals surface area contributed by atoms with E-state index in [2.05, 4.69) is 22.0 Å². The van der Waals surface area contributed by atoms with Crippen molar-refractivity contribution >= 4 is 5.91 Å². The molecule has 21 heavy (non-hydrogen) atoms. The van der Waals surface area contributed by atoms with Gasteiger partial charge in [-0.15, -0.1) is 0 Å². The van der Waals surface area contributed by atoms with E-state index >= 15 is 0 Å². The average molecular weight is 293 g/mol. The lowest BCUT2D eigenvalue weighted by Gasteiger charge is -2.35. The van der Waals surface area contributed by atoms with Gasteiger partial charge in [0.1, 0.15) is 0 Å². The van der Waals surface area contributed by atoms with Crippen LogP contribution in [0.4, 0.5) is 0 Å². The van der Waals surface area contributed by atoms with Crippen molar-refractivity contribution in [2.45, 2.75) is 76.4 Å². The molecule has 2 saturated heterocycles. The highest BCUT2D eigenvalue weighted by molar-refractivity contribution is 5.78. The number of likely N-dealkylation sites (tertiary alicyclic amines) is 1. The molecule has 2 heterocycles. The number of nitrogens with zero attached hydrogens (tertiary/aromatic N) is 2. The Balaban J connectivity index is 1.53. The van der Waals surface area contributed by atoms with Crippen molar-refractivity contribution in [1.82, 2.24) is 15.1 Å². The first-order chi connectivity index (χ1) is 10.3. The third-order valence-corrected chi connectivity index (χ3v) is 5.64. The maximum Gasteiger partial charge on any atom is 0.236 e. The molecule has 3 rings (SSSR count). The Labute approximate surface area is 129 Å². The second-order valence-corrected chi connectivity index (χ2v) is 7.13. The molecule has 4 heteroatoms. The number of fused-ring (bicyclic) bond motifs is 2. The lowest BCUT2D eigenvalue weighted by atomic mass is 9.94. The summed E-state index contributed by atoms with van der Waals surface area (Å²) in [4.78, 5) is 17.3. The minimum absolute atomic E-state index is 0.363. The quantitative estimate of drug-likeness (QED) is 0.861.